The molecule has 0 amide bonds. The van der Waals surface area contributed by atoms with Crippen molar-refractivity contribution < 1.29 is 0 Å². The zero-order valence-corrected chi connectivity index (χ0v) is 9.69. The van der Waals surface area contributed by atoms with Gasteiger partial charge in [-0.25, -0.2) is 4.98 Å². The van der Waals surface area contributed by atoms with Crippen LogP contribution in [0.2, 0.25) is 0 Å². The summed E-state index contributed by atoms with van der Waals surface area (Å²) < 4.78 is 0. The molecule has 1 fully saturated rings. The Bertz CT molecular complexity index is 388. The van der Waals surface area contributed by atoms with E-state index >= 15 is 0 Å². The fraction of sp³-hybridized carbons (Fsp3) is 0.538. The van der Waals surface area contributed by atoms with Gasteiger partial charge in [-0.1, -0.05) is 6.07 Å². The summed E-state index contributed by atoms with van der Waals surface area (Å²) in [5.74, 6) is 0.932. The maximum absolute atomic E-state index is 9.01. The number of pyridine rings is 1. The number of hydrogen-bond acceptors (Lipinski definition) is 3. The molecule has 2 rings (SSSR count). The van der Waals surface area contributed by atoms with E-state index < -0.39 is 0 Å². The Kier molecular flexibility index (Phi) is 3.40. The Morgan fingerprint density at radius 2 is 2.12 bits per heavy atom. The Morgan fingerprint density at radius 1 is 1.38 bits per heavy atom. The van der Waals surface area contributed by atoms with Crippen molar-refractivity contribution in [3.63, 3.8) is 0 Å². The molecule has 0 aromatic carbocycles. The van der Waals surface area contributed by atoms with Gasteiger partial charge in [0.05, 0.1) is 12.0 Å². The van der Waals surface area contributed by atoms with Crippen molar-refractivity contribution in [3.05, 3.63) is 23.9 Å². The van der Waals surface area contributed by atoms with E-state index in [0.29, 0.717) is 0 Å². The van der Waals surface area contributed by atoms with Gasteiger partial charge in [0.15, 0.2) is 0 Å². The van der Waals surface area contributed by atoms with Crippen LogP contribution >= 0.6 is 0 Å². The number of nitrogens with zero attached hydrogens (tertiary/aromatic N) is 3. The highest BCUT2D eigenvalue weighted by Crippen LogP contribution is 2.26. The third kappa shape index (κ3) is 2.16. The molecule has 1 aromatic heterocycles. The van der Waals surface area contributed by atoms with Gasteiger partial charge in [-0.05, 0) is 32.3 Å². The molecule has 0 N–H and O–H groups in total. The van der Waals surface area contributed by atoms with E-state index in [1.165, 1.54) is 19.3 Å². The summed E-state index contributed by atoms with van der Waals surface area (Å²) in [6.45, 7) is 4.08. The normalized spacial score (nSPS) is 17.9. The molecule has 1 aliphatic heterocycles. The summed E-state index contributed by atoms with van der Waals surface area (Å²) in [6.07, 6.45) is 5.60. The van der Waals surface area contributed by atoms with Gasteiger partial charge in [-0.15, -0.1) is 0 Å². The predicted molar refractivity (Wildman–Crippen MR) is 64.3 cm³/mol. The van der Waals surface area contributed by atoms with E-state index in [-0.39, 0.29) is 5.92 Å². The van der Waals surface area contributed by atoms with Crippen LogP contribution in [0.25, 0.3) is 0 Å². The number of nitriles is 1. The van der Waals surface area contributed by atoms with Crippen LogP contribution < -0.4 is 4.90 Å². The lowest BCUT2D eigenvalue weighted by atomic mass is 10.0. The maximum atomic E-state index is 9.01. The first-order chi connectivity index (χ1) is 7.83. The SMILES string of the molecule is CC(C#N)c1cccnc1N1CCCCC1. The lowest BCUT2D eigenvalue weighted by molar-refractivity contribution is 0.571. The second-order valence-electron chi connectivity index (χ2n) is 4.31. The second kappa shape index (κ2) is 4.98. The summed E-state index contributed by atoms with van der Waals surface area (Å²) in [5, 5.41) is 9.01. The Morgan fingerprint density at radius 3 is 2.81 bits per heavy atom. The minimum absolute atomic E-state index is 0.0781. The van der Waals surface area contributed by atoms with Crippen LogP contribution in [0.3, 0.4) is 0 Å². The van der Waals surface area contributed by atoms with Crippen LogP contribution in [0, 0.1) is 11.3 Å². The molecule has 1 atom stereocenters. The van der Waals surface area contributed by atoms with Crippen LogP contribution in [0.5, 0.6) is 0 Å². The van der Waals surface area contributed by atoms with Crippen molar-refractivity contribution in [2.45, 2.75) is 32.1 Å². The summed E-state index contributed by atoms with van der Waals surface area (Å²) in [6, 6.07) is 6.23. The van der Waals surface area contributed by atoms with Gasteiger partial charge in [0.1, 0.15) is 5.82 Å². The molecule has 0 aliphatic carbocycles. The summed E-state index contributed by atoms with van der Waals surface area (Å²) in [7, 11) is 0. The molecular formula is C13H17N3. The summed E-state index contributed by atoms with van der Waals surface area (Å²) >= 11 is 0. The van der Waals surface area contributed by atoms with Crippen LogP contribution in [-0.4, -0.2) is 18.1 Å². The van der Waals surface area contributed by atoms with E-state index in [9.17, 15) is 0 Å². The van der Waals surface area contributed by atoms with Crippen LogP contribution in [-0.2, 0) is 0 Å². The van der Waals surface area contributed by atoms with Gasteiger partial charge in [-0.2, -0.15) is 5.26 Å². The topological polar surface area (TPSA) is 39.9 Å². The minimum atomic E-state index is -0.0781. The molecule has 1 saturated heterocycles. The maximum Gasteiger partial charge on any atom is 0.133 e. The molecule has 1 aliphatic rings. The number of aromatic nitrogens is 1. The van der Waals surface area contributed by atoms with E-state index in [0.717, 1.165) is 24.5 Å². The summed E-state index contributed by atoms with van der Waals surface area (Å²) in [4.78, 5) is 6.76. The van der Waals surface area contributed by atoms with Crippen molar-refractivity contribution in [2.75, 3.05) is 18.0 Å². The van der Waals surface area contributed by atoms with Gasteiger partial charge < -0.3 is 4.90 Å². The van der Waals surface area contributed by atoms with Crippen LogP contribution in [0.1, 0.15) is 37.7 Å². The first kappa shape index (κ1) is 10.9. The van der Waals surface area contributed by atoms with Crippen molar-refractivity contribution in [3.8, 4) is 6.07 Å². The van der Waals surface area contributed by atoms with Gasteiger partial charge in [0.2, 0.25) is 0 Å². The highest BCUT2D eigenvalue weighted by molar-refractivity contribution is 5.50. The van der Waals surface area contributed by atoms with Crippen molar-refractivity contribution in [1.82, 2.24) is 4.98 Å². The molecule has 0 radical (unpaired) electrons. The van der Waals surface area contributed by atoms with E-state index in [4.69, 9.17) is 5.26 Å². The molecule has 16 heavy (non-hydrogen) atoms. The molecule has 3 heteroatoms. The zero-order chi connectivity index (χ0) is 11.4. The Hall–Kier alpha value is -1.56. The van der Waals surface area contributed by atoms with E-state index in [1.807, 2.05) is 25.3 Å². The standard InChI is InChI=1S/C13H17N3/c1-11(10-14)12-6-5-7-15-13(12)16-8-3-2-4-9-16/h5-7,11H,2-4,8-9H2,1H3. The van der Waals surface area contributed by atoms with Crippen molar-refractivity contribution >= 4 is 5.82 Å². The van der Waals surface area contributed by atoms with E-state index in [2.05, 4.69) is 16.0 Å². The number of hydrogen-bond donors (Lipinski definition) is 0. The third-order valence-electron chi connectivity index (χ3n) is 3.13. The van der Waals surface area contributed by atoms with Crippen LogP contribution in [0.15, 0.2) is 18.3 Å². The fourth-order valence-corrected chi connectivity index (χ4v) is 2.19. The van der Waals surface area contributed by atoms with Gasteiger partial charge >= 0.3 is 0 Å². The van der Waals surface area contributed by atoms with Gasteiger partial charge in [-0.3, -0.25) is 0 Å². The van der Waals surface area contributed by atoms with Gasteiger partial charge in [0, 0.05) is 24.8 Å². The highest BCUT2D eigenvalue weighted by Gasteiger charge is 2.18. The largest absolute Gasteiger partial charge is 0.356 e. The molecule has 0 bridgehead atoms. The number of piperidine rings is 1. The third-order valence-corrected chi connectivity index (χ3v) is 3.13. The smallest absolute Gasteiger partial charge is 0.133 e. The lowest BCUT2D eigenvalue weighted by Gasteiger charge is -2.29. The Labute approximate surface area is 96.7 Å². The average Bonchev–Trinajstić information content (AvgIpc) is 2.39. The monoisotopic (exact) mass is 215 g/mol. The van der Waals surface area contributed by atoms with Crippen molar-refractivity contribution in [1.29, 1.82) is 5.26 Å². The molecule has 0 spiro atoms. The second-order valence-corrected chi connectivity index (χ2v) is 4.31. The van der Waals surface area contributed by atoms with E-state index in [1.54, 1.807) is 0 Å². The Balaban J connectivity index is 2.28. The number of rotatable bonds is 2. The molecular weight excluding hydrogens is 198 g/mol. The first-order valence-corrected chi connectivity index (χ1v) is 5.92. The zero-order valence-electron chi connectivity index (χ0n) is 9.69. The predicted octanol–water partition coefficient (Wildman–Crippen LogP) is 2.70. The summed E-state index contributed by atoms with van der Waals surface area (Å²) in [5.41, 5.74) is 1.06. The van der Waals surface area contributed by atoms with Crippen molar-refractivity contribution in [2.24, 2.45) is 0 Å². The number of anilines is 1. The molecule has 1 unspecified atom stereocenters. The van der Waals surface area contributed by atoms with Crippen LogP contribution in [0.4, 0.5) is 5.82 Å². The molecule has 0 saturated carbocycles. The first-order valence-electron chi connectivity index (χ1n) is 5.92. The minimum Gasteiger partial charge on any atom is -0.356 e. The molecule has 84 valence electrons. The quantitative estimate of drug-likeness (QED) is 0.761. The molecule has 3 nitrogen and oxygen atoms in total. The highest BCUT2D eigenvalue weighted by atomic mass is 15.2. The lowest BCUT2D eigenvalue weighted by Crippen LogP contribution is -2.31. The molecule has 2 heterocycles. The average molecular weight is 215 g/mol. The van der Waals surface area contributed by atoms with Gasteiger partial charge in [0.25, 0.3) is 0 Å². The fourth-order valence-electron chi connectivity index (χ4n) is 2.19. The molecule has 1 aromatic rings.